The fraction of sp³-hybridized carbons (Fsp3) is 0.300. The van der Waals surface area contributed by atoms with Crippen LogP contribution in [0, 0.1) is 0 Å². The second-order valence-corrected chi connectivity index (χ2v) is 10.4. The maximum Gasteiger partial charge on any atom is 0.329 e. The van der Waals surface area contributed by atoms with Crippen molar-refractivity contribution in [3.8, 4) is 5.75 Å². The van der Waals surface area contributed by atoms with Crippen LogP contribution in [0.3, 0.4) is 0 Å². The fourth-order valence-electron chi connectivity index (χ4n) is 3.93. The van der Waals surface area contributed by atoms with Crippen LogP contribution in [0.2, 0.25) is 0 Å². The van der Waals surface area contributed by atoms with E-state index in [0.717, 1.165) is 23.1 Å². The molecule has 1 aliphatic heterocycles. The van der Waals surface area contributed by atoms with Gasteiger partial charge in [-0.3, -0.25) is 4.79 Å². The SMILES string of the molecule is C=C1/C=C\C=C/C(C)SC(Oc2ccc(CC(=O)NC(CC)(CC3=CCC=CC=C3C)C(=O)O)cc2)=N1. The molecule has 1 aromatic carbocycles. The van der Waals surface area contributed by atoms with Crippen LogP contribution < -0.4 is 10.1 Å². The summed E-state index contributed by atoms with van der Waals surface area (Å²) in [6.07, 6.45) is 17.0. The highest BCUT2D eigenvalue weighted by molar-refractivity contribution is 8.14. The van der Waals surface area contributed by atoms with E-state index in [-0.39, 0.29) is 30.4 Å². The summed E-state index contributed by atoms with van der Waals surface area (Å²) >= 11 is 1.48. The van der Waals surface area contributed by atoms with Crippen LogP contribution in [0.5, 0.6) is 5.75 Å². The Morgan fingerprint density at radius 1 is 1.24 bits per heavy atom. The number of carboxylic acids is 1. The average Bonchev–Trinajstić information content (AvgIpc) is 3.01. The molecule has 37 heavy (non-hydrogen) atoms. The van der Waals surface area contributed by atoms with E-state index in [1.807, 2.05) is 49.5 Å². The summed E-state index contributed by atoms with van der Waals surface area (Å²) < 4.78 is 5.97. The number of thioether (sulfide) groups is 1. The van der Waals surface area contributed by atoms with Gasteiger partial charge in [-0.1, -0.05) is 79.9 Å². The van der Waals surface area contributed by atoms with Crippen LogP contribution in [-0.2, 0) is 16.0 Å². The number of rotatable bonds is 8. The topological polar surface area (TPSA) is 88.0 Å². The fourth-order valence-corrected chi connectivity index (χ4v) is 4.73. The van der Waals surface area contributed by atoms with Crippen LogP contribution in [0.1, 0.15) is 45.6 Å². The van der Waals surface area contributed by atoms with Crippen LogP contribution in [-0.4, -0.2) is 33.0 Å². The zero-order valence-electron chi connectivity index (χ0n) is 21.6. The summed E-state index contributed by atoms with van der Waals surface area (Å²) in [7, 11) is 0. The molecule has 7 heteroatoms. The first-order valence-corrected chi connectivity index (χ1v) is 13.2. The molecule has 1 amide bonds. The molecule has 0 saturated heterocycles. The van der Waals surface area contributed by atoms with E-state index in [2.05, 4.69) is 29.9 Å². The first-order valence-electron chi connectivity index (χ1n) is 12.3. The monoisotopic (exact) mass is 518 g/mol. The van der Waals surface area contributed by atoms with Crippen molar-refractivity contribution in [3.63, 3.8) is 0 Å². The number of nitrogens with zero attached hydrogens (tertiary/aromatic N) is 1. The Morgan fingerprint density at radius 2 is 2.00 bits per heavy atom. The molecular weight excluding hydrogens is 484 g/mol. The molecule has 194 valence electrons. The number of ether oxygens (including phenoxy) is 1. The molecule has 0 saturated carbocycles. The van der Waals surface area contributed by atoms with Crippen LogP contribution in [0.4, 0.5) is 0 Å². The third kappa shape index (κ3) is 8.22. The van der Waals surface area contributed by atoms with Crippen molar-refractivity contribution < 1.29 is 19.4 Å². The predicted octanol–water partition coefficient (Wildman–Crippen LogP) is 6.30. The molecule has 1 aliphatic carbocycles. The summed E-state index contributed by atoms with van der Waals surface area (Å²) in [5.41, 5.74) is 1.91. The maximum absolute atomic E-state index is 13.0. The lowest BCUT2D eigenvalue weighted by atomic mass is 9.85. The smallest absolute Gasteiger partial charge is 0.329 e. The summed E-state index contributed by atoms with van der Waals surface area (Å²) in [5.74, 6) is -0.786. The van der Waals surface area contributed by atoms with Crippen LogP contribution in [0.15, 0.2) is 101 Å². The van der Waals surface area contributed by atoms with Crippen molar-refractivity contribution >= 4 is 28.9 Å². The lowest BCUT2D eigenvalue weighted by Crippen LogP contribution is -2.54. The third-order valence-electron chi connectivity index (χ3n) is 6.17. The predicted molar refractivity (Wildman–Crippen MR) is 152 cm³/mol. The number of carbonyl (C=O) groups is 2. The molecule has 3 rings (SSSR count). The van der Waals surface area contributed by atoms with Gasteiger partial charge in [0.2, 0.25) is 5.91 Å². The van der Waals surface area contributed by atoms with E-state index in [1.54, 1.807) is 31.2 Å². The van der Waals surface area contributed by atoms with Crippen LogP contribution >= 0.6 is 11.8 Å². The number of aliphatic carboxylic acids is 1. The number of carboxylic acid groups (broad SMARTS) is 1. The summed E-state index contributed by atoms with van der Waals surface area (Å²) in [6.45, 7) is 9.72. The molecule has 6 nitrogen and oxygen atoms in total. The minimum absolute atomic E-state index is 0.0594. The molecular formula is C30H34N2O4S. The second kappa shape index (κ2) is 13.1. The number of amides is 1. The minimum Gasteiger partial charge on any atom is -0.479 e. The van der Waals surface area contributed by atoms with Gasteiger partial charge in [0, 0.05) is 11.7 Å². The van der Waals surface area contributed by atoms with Crippen molar-refractivity contribution in [1.29, 1.82) is 0 Å². The molecule has 2 N–H and O–H groups in total. The van der Waals surface area contributed by atoms with E-state index in [4.69, 9.17) is 4.74 Å². The maximum atomic E-state index is 13.0. The Hall–Kier alpha value is -3.58. The number of nitrogens with one attached hydrogen (secondary N) is 1. The molecule has 1 heterocycles. The van der Waals surface area contributed by atoms with E-state index >= 15 is 0 Å². The largest absolute Gasteiger partial charge is 0.479 e. The summed E-state index contributed by atoms with van der Waals surface area (Å²) in [6, 6.07) is 7.15. The zero-order chi connectivity index (χ0) is 26.8. The molecule has 1 aromatic rings. The molecule has 2 unspecified atom stereocenters. The van der Waals surface area contributed by atoms with Gasteiger partial charge in [0.15, 0.2) is 0 Å². The van der Waals surface area contributed by atoms with Gasteiger partial charge in [-0.05, 0) is 61.6 Å². The molecule has 2 atom stereocenters. The van der Waals surface area contributed by atoms with E-state index in [1.165, 1.54) is 11.8 Å². The first-order chi connectivity index (χ1) is 17.7. The quantitative estimate of drug-likeness (QED) is 0.422. The minimum atomic E-state index is -1.38. The van der Waals surface area contributed by atoms with Crippen molar-refractivity contribution in [2.75, 3.05) is 0 Å². The van der Waals surface area contributed by atoms with Gasteiger partial charge in [0.25, 0.3) is 5.23 Å². The highest BCUT2D eigenvalue weighted by atomic mass is 32.2. The summed E-state index contributed by atoms with van der Waals surface area (Å²) in [4.78, 5) is 29.7. The number of carbonyl (C=O) groups excluding carboxylic acids is 1. The number of hydrogen-bond acceptors (Lipinski definition) is 5. The summed E-state index contributed by atoms with van der Waals surface area (Å²) in [5, 5.41) is 13.6. The average molecular weight is 519 g/mol. The van der Waals surface area contributed by atoms with Gasteiger partial charge in [-0.25, -0.2) is 9.79 Å². The van der Waals surface area contributed by atoms with Gasteiger partial charge < -0.3 is 15.2 Å². The normalized spacial score (nSPS) is 21.0. The molecule has 0 fully saturated rings. The highest BCUT2D eigenvalue weighted by Gasteiger charge is 2.39. The number of aliphatic imine (C=N–C) groups is 1. The molecule has 0 radical (unpaired) electrons. The van der Waals surface area contributed by atoms with Gasteiger partial charge in [0.05, 0.1) is 12.1 Å². The molecule has 0 aromatic heterocycles. The highest BCUT2D eigenvalue weighted by Crippen LogP contribution is 2.28. The van der Waals surface area contributed by atoms with E-state index in [9.17, 15) is 14.7 Å². The number of hydrogen-bond donors (Lipinski definition) is 2. The Bertz CT molecular complexity index is 1200. The van der Waals surface area contributed by atoms with Crippen molar-refractivity contribution in [2.24, 2.45) is 4.99 Å². The Kier molecular flexibility index (Phi) is 9.92. The zero-order valence-corrected chi connectivity index (χ0v) is 22.4. The van der Waals surface area contributed by atoms with Gasteiger partial charge >= 0.3 is 5.97 Å². The van der Waals surface area contributed by atoms with E-state index < -0.39 is 11.5 Å². The van der Waals surface area contributed by atoms with Crippen molar-refractivity contribution in [2.45, 2.75) is 57.2 Å². The second-order valence-electron chi connectivity index (χ2n) is 9.07. The molecule has 0 bridgehead atoms. The lowest BCUT2D eigenvalue weighted by Gasteiger charge is -2.31. The number of benzene rings is 1. The van der Waals surface area contributed by atoms with Crippen molar-refractivity contribution in [3.05, 3.63) is 102 Å². The van der Waals surface area contributed by atoms with Crippen LogP contribution in [0.25, 0.3) is 0 Å². The Morgan fingerprint density at radius 3 is 2.70 bits per heavy atom. The molecule has 2 aliphatic rings. The van der Waals surface area contributed by atoms with Gasteiger partial charge in [-0.15, -0.1) is 0 Å². The number of allylic oxidation sites excluding steroid dienone is 8. The third-order valence-corrected chi connectivity index (χ3v) is 7.07. The lowest BCUT2D eigenvalue weighted by molar-refractivity contribution is -0.147. The Labute approximate surface area is 223 Å². The van der Waals surface area contributed by atoms with Crippen molar-refractivity contribution in [1.82, 2.24) is 5.32 Å². The van der Waals surface area contributed by atoms with Gasteiger partial charge in [-0.2, -0.15) is 0 Å². The first kappa shape index (κ1) is 28.0. The van der Waals surface area contributed by atoms with Gasteiger partial charge in [0.1, 0.15) is 11.3 Å². The van der Waals surface area contributed by atoms with E-state index in [0.29, 0.717) is 16.7 Å². The molecule has 0 spiro atoms. The standard InChI is InChI=1S/C30H34N2O4S/c1-5-30(28(34)35,20-25-14-8-6-7-11-21(25)2)32-27(33)19-24-15-17-26(18-16-24)36-29-31-22(3)12-9-10-13-23(4)37-29/h6-7,9-18,23H,3,5,8,19-20H2,1-2,4H3,(H,32,33)(H,34,35)/b12-9-,13-10-,31-29?. The Balaban J connectivity index is 1.67.